The normalized spacial score (nSPS) is 11.6. The van der Waals surface area contributed by atoms with Crippen LogP contribution in [0, 0.1) is 0 Å². The Kier molecular flexibility index (Phi) is 6.53. The van der Waals surface area contributed by atoms with Crippen LogP contribution in [0.5, 0.6) is 17.2 Å². The molecule has 0 saturated heterocycles. The van der Waals surface area contributed by atoms with Crippen LogP contribution in [-0.2, 0) is 4.79 Å². The number of methoxy groups -OCH3 is 1. The summed E-state index contributed by atoms with van der Waals surface area (Å²) in [5.74, 6) is -1.11. The van der Waals surface area contributed by atoms with Gasteiger partial charge in [-0.25, -0.2) is 0 Å². The standard InChI is InChI=1S/C18H18F2N2O5/c1-10(26-15-9-11(25-2)7-8-12(15)16(21)23)17(24)22-13-5-3-4-6-14(13)27-18(19)20/h3-10,18H,1-2H3,(H2,21,23)(H,22,24). The van der Waals surface area contributed by atoms with E-state index >= 15 is 0 Å². The molecular formula is C18H18F2N2O5. The Bertz CT molecular complexity index is 829. The van der Waals surface area contributed by atoms with Gasteiger partial charge in [-0.2, -0.15) is 8.78 Å². The van der Waals surface area contributed by atoms with Gasteiger partial charge in [0, 0.05) is 6.07 Å². The van der Waals surface area contributed by atoms with Crippen molar-refractivity contribution in [3.05, 3.63) is 48.0 Å². The maximum absolute atomic E-state index is 12.5. The fraction of sp³-hybridized carbons (Fsp3) is 0.222. The minimum Gasteiger partial charge on any atom is -0.497 e. The number of benzene rings is 2. The van der Waals surface area contributed by atoms with E-state index in [4.69, 9.17) is 15.2 Å². The number of carbonyl (C=O) groups is 2. The average Bonchev–Trinajstić information content (AvgIpc) is 2.62. The van der Waals surface area contributed by atoms with Crippen molar-refractivity contribution in [2.75, 3.05) is 12.4 Å². The molecule has 0 spiro atoms. The minimum atomic E-state index is -3.04. The third-order valence-electron chi connectivity index (χ3n) is 3.49. The first-order valence-electron chi connectivity index (χ1n) is 7.81. The average molecular weight is 380 g/mol. The summed E-state index contributed by atoms with van der Waals surface area (Å²) in [5.41, 5.74) is 5.42. The Balaban J connectivity index is 2.16. The molecule has 0 aliphatic carbocycles. The van der Waals surface area contributed by atoms with Gasteiger partial charge in [0.15, 0.2) is 6.10 Å². The van der Waals surface area contributed by atoms with E-state index in [1.165, 1.54) is 50.4 Å². The Morgan fingerprint density at radius 1 is 1.07 bits per heavy atom. The van der Waals surface area contributed by atoms with Crippen molar-refractivity contribution in [2.24, 2.45) is 5.73 Å². The van der Waals surface area contributed by atoms with E-state index in [1.807, 2.05) is 0 Å². The zero-order chi connectivity index (χ0) is 20.0. The van der Waals surface area contributed by atoms with E-state index < -0.39 is 24.5 Å². The summed E-state index contributed by atoms with van der Waals surface area (Å²) in [6.07, 6.45) is -1.07. The van der Waals surface area contributed by atoms with Crippen LogP contribution in [0.3, 0.4) is 0 Å². The Labute approximate surface area is 154 Å². The number of alkyl halides is 2. The van der Waals surface area contributed by atoms with Gasteiger partial charge in [-0.15, -0.1) is 0 Å². The topological polar surface area (TPSA) is 99.9 Å². The summed E-state index contributed by atoms with van der Waals surface area (Å²) in [7, 11) is 1.43. The molecule has 0 bridgehead atoms. The highest BCUT2D eigenvalue weighted by Crippen LogP contribution is 2.28. The van der Waals surface area contributed by atoms with Gasteiger partial charge in [0.2, 0.25) is 0 Å². The number of rotatable bonds is 8. The highest BCUT2D eigenvalue weighted by molar-refractivity contribution is 5.97. The first-order valence-corrected chi connectivity index (χ1v) is 7.81. The molecule has 2 aromatic carbocycles. The quantitative estimate of drug-likeness (QED) is 0.734. The molecule has 2 aromatic rings. The Morgan fingerprint density at radius 2 is 1.78 bits per heavy atom. The number of hydrogen-bond donors (Lipinski definition) is 2. The molecule has 144 valence electrons. The maximum Gasteiger partial charge on any atom is 0.387 e. The number of anilines is 1. The second kappa shape index (κ2) is 8.84. The van der Waals surface area contributed by atoms with Crippen LogP contribution < -0.4 is 25.3 Å². The summed E-state index contributed by atoms with van der Waals surface area (Å²) >= 11 is 0. The van der Waals surface area contributed by atoms with Gasteiger partial charge >= 0.3 is 6.61 Å². The lowest BCUT2D eigenvalue weighted by atomic mass is 10.1. The summed E-state index contributed by atoms with van der Waals surface area (Å²) in [4.78, 5) is 23.9. The Hall–Kier alpha value is -3.36. The summed E-state index contributed by atoms with van der Waals surface area (Å²) in [6.45, 7) is -1.61. The first-order chi connectivity index (χ1) is 12.8. The molecule has 1 atom stereocenters. The van der Waals surface area contributed by atoms with Crippen molar-refractivity contribution in [1.82, 2.24) is 0 Å². The van der Waals surface area contributed by atoms with Crippen molar-refractivity contribution < 1.29 is 32.6 Å². The smallest absolute Gasteiger partial charge is 0.387 e. The number of halogens is 2. The monoisotopic (exact) mass is 380 g/mol. The largest absolute Gasteiger partial charge is 0.497 e. The molecular weight excluding hydrogens is 362 g/mol. The maximum atomic E-state index is 12.5. The van der Waals surface area contributed by atoms with Crippen LogP contribution in [0.4, 0.5) is 14.5 Å². The van der Waals surface area contributed by atoms with E-state index in [-0.39, 0.29) is 22.7 Å². The number of amides is 2. The minimum absolute atomic E-state index is 0.0546. The number of nitrogens with two attached hydrogens (primary N) is 1. The lowest BCUT2D eigenvalue weighted by Crippen LogP contribution is -2.31. The van der Waals surface area contributed by atoms with E-state index in [1.54, 1.807) is 6.07 Å². The van der Waals surface area contributed by atoms with Gasteiger partial charge in [0.1, 0.15) is 17.2 Å². The van der Waals surface area contributed by atoms with Crippen molar-refractivity contribution >= 4 is 17.5 Å². The van der Waals surface area contributed by atoms with Crippen molar-refractivity contribution in [3.8, 4) is 17.2 Å². The summed E-state index contributed by atoms with van der Waals surface area (Å²) < 4.78 is 39.9. The molecule has 0 aliphatic heterocycles. The molecule has 2 rings (SSSR count). The van der Waals surface area contributed by atoms with E-state index in [0.717, 1.165) is 0 Å². The van der Waals surface area contributed by atoms with Crippen LogP contribution in [0.1, 0.15) is 17.3 Å². The van der Waals surface area contributed by atoms with Gasteiger partial charge in [0.25, 0.3) is 11.8 Å². The molecule has 7 nitrogen and oxygen atoms in total. The van der Waals surface area contributed by atoms with Gasteiger partial charge in [-0.05, 0) is 31.2 Å². The molecule has 3 N–H and O–H groups in total. The number of ether oxygens (including phenoxy) is 3. The Morgan fingerprint density at radius 3 is 2.41 bits per heavy atom. The van der Waals surface area contributed by atoms with Gasteiger partial charge in [0.05, 0.1) is 18.4 Å². The SMILES string of the molecule is COc1ccc(C(N)=O)c(OC(C)C(=O)Nc2ccccc2OC(F)F)c1. The summed E-state index contributed by atoms with van der Waals surface area (Å²) in [5, 5.41) is 2.44. The highest BCUT2D eigenvalue weighted by atomic mass is 19.3. The predicted octanol–water partition coefficient (Wildman–Crippen LogP) is 2.80. The van der Waals surface area contributed by atoms with Crippen molar-refractivity contribution in [3.63, 3.8) is 0 Å². The molecule has 0 saturated carbocycles. The molecule has 1 unspecified atom stereocenters. The van der Waals surface area contributed by atoms with Crippen LogP contribution >= 0.6 is 0 Å². The number of primary amides is 1. The number of hydrogen-bond acceptors (Lipinski definition) is 5. The third kappa shape index (κ3) is 5.30. The first kappa shape index (κ1) is 20.0. The number of carbonyl (C=O) groups excluding carboxylic acids is 2. The fourth-order valence-corrected chi connectivity index (χ4v) is 2.18. The zero-order valence-electron chi connectivity index (χ0n) is 14.6. The second-order valence-corrected chi connectivity index (χ2v) is 5.35. The number of nitrogens with one attached hydrogen (secondary N) is 1. The highest BCUT2D eigenvalue weighted by Gasteiger charge is 2.20. The van der Waals surface area contributed by atoms with Crippen LogP contribution in [0.2, 0.25) is 0 Å². The molecule has 2 amide bonds. The molecule has 27 heavy (non-hydrogen) atoms. The van der Waals surface area contributed by atoms with Gasteiger partial charge in [-0.1, -0.05) is 12.1 Å². The molecule has 0 aliphatic rings. The van der Waals surface area contributed by atoms with E-state index in [2.05, 4.69) is 10.1 Å². The number of para-hydroxylation sites is 2. The molecule has 0 aromatic heterocycles. The second-order valence-electron chi connectivity index (χ2n) is 5.35. The zero-order valence-corrected chi connectivity index (χ0v) is 14.6. The van der Waals surface area contributed by atoms with Crippen LogP contribution in [0.15, 0.2) is 42.5 Å². The molecule has 9 heteroatoms. The lowest BCUT2D eigenvalue weighted by molar-refractivity contribution is -0.122. The van der Waals surface area contributed by atoms with Crippen LogP contribution in [-0.4, -0.2) is 31.6 Å². The van der Waals surface area contributed by atoms with E-state index in [9.17, 15) is 18.4 Å². The third-order valence-corrected chi connectivity index (χ3v) is 3.49. The van der Waals surface area contributed by atoms with Crippen LogP contribution in [0.25, 0.3) is 0 Å². The van der Waals surface area contributed by atoms with E-state index in [0.29, 0.717) is 5.75 Å². The van der Waals surface area contributed by atoms with Gasteiger partial charge in [-0.3, -0.25) is 9.59 Å². The van der Waals surface area contributed by atoms with Gasteiger partial charge < -0.3 is 25.3 Å². The van der Waals surface area contributed by atoms with Crippen molar-refractivity contribution in [1.29, 1.82) is 0 Å². The predicted molar refractivity (Wildman–Crippen MR) is 93.3 cm³/mol. The summed E-state index contributed by atoms with van der Waals surface area (Å²) in [6, 6.07) is 10.1. The molecule has 0 heterocycles. The fourth-order valence-electron chi connectivity index (χ4n) is 2.18. The molecule has 0 fully saturated rings. The lowest BCUT2D eigenvalue weighted by Gasteiger charge is -2.18. The molecule has 0 radical (unpaired) electrons. The van der Waals surface area contributed by atoms with Crippen molar-refractivity contribution in [2.45, 2.75) is 19.6 Å².